The molecule has 0 aliphatic heterocycles. The van der Waals surface area contributed by atoms with Gasteiger partial charge in [-0.1, -0.05) is 18.2 Å². The first-order valence-electron chi connectivity index (χ1n) is 8.00. The Hall–Kier alpha value is -3.19. The number of hydrogen-bond acceptors (Lipinski definition) is 5. The Kier molecular flexibility index (Phi) is 4.61. The smallest absolute Gasteiger partial charge is 0.256 e. The molecule has 4 rings (SSSR count). The molecule has 0 saturated heterocycles. The number of benzene rings is 1. The van der Waals surface area contributed by atoms with Gasteiger partial charge >= 0.3 is 0 Å². The molecule has 0 radical (unpaired) electrons. The molecule has 0 bridgehead atoms. The Morgan fingerprint density at radius 2 is 1.88 bits per heavy atom. The summed E-state index contributed by atoms with van der Waals surface area (Å²) in [5, 5.41) is 2.82. The number of thioether (sulfide) groups is 1. The van der Waals surface area contributed by atoms with Crippen molar-refractivity contribution in [2.45, 2.75) is 10.6 Å². The molecule has 3 heterocycles. The number of carbonyl (C=O) groups excluding carboxylic acids is 1. The highest BCUT2D eigenvalue weighted by Crippen LogP contribution is 2.26. The van der Waals surface area contributed by atoms with E-state index in [1.165, 1.54) is 6.33 Å². The summed E-state index contributed by atoms with van der Waals surface area (Å²) in [6, 6.07) is 13.4. The molecule has 1 amide bonds. The summed E-state index contributed by atoms with van der Waals surface area (Å²) in [4.78, 5) is 25.9. The highest BCUT2D eigenvalue weighted by Gasteiger charge is 2.12. The van der Waals surface area contributed by atoms with E-state index in [0.29, 0.717) is 17.0 Å². The molecule has 0 spiro atoms. The van der Waals surface area contributed by atoms with Crippen molar-refractivity contribution in [1.82, 2.24) is 19.4 Å². The van der Waals surface area contributed by atoms with Gasteiger partial charge in [-0.25, -0.2) is 15.0 Å². The van der Waals surface area contributed by atoms with Crippen LogP contribution in [-0.2, 0) is 5.75 Å². The molecule has 0 saturated carbocycles. The third-order valence-corrected chi connectivity index (χ3v) is 4.85. The summed E-state index contributed by atoms with van der Waals surface area (Å²) in [6.07, 6.45) is 8.54. The molecule has 4 aromatic rings. The number of pyridine rings is 1. The zero-order chi connectivity index (χ0) is 17.8. The number of amides is 1. The van der Waals surface area contributed by atoms with Gasteiger partial charge in [-0.15, -0.1) is 11.8 Å². The van der Waals surface area contributed by atoms with Gasteiger partial charge in [0.15, 0.2) is 0 Å². The number of nitrogens with zero attached hydrogens (tertiary/aromatic N) is 4. The largest absolute Gasteiger partial charge is 0.319 e. The lowest BCUT2D eigenvalue weighted by Crippen LogP contribution is -2.13. The van der Waals surface area contributed by atoms with Gasteiger partial charge in [0.2, 0.25) is 0 Å². The van der Waals surface area contributed by atoms with E-state index in [1.54, 1.807) is 24.2 Å². The predicted molar refractivity (Wildman–Crippen MR) is 101 cm³/mol. The number of carbonyl (C=O) groups is 1. The molecular formula is C19H15N5OS. The molecule has 0 unspecified atom stereocenters. The summed E-state index contributed by atoms with van der Waals surface area (Å²) in [6.45, 7) is 0. The van der Waals surface area contributed by atoms with Crippen molar-refractivity contribution in [3.8, 4) is 0 Å². The first-order chi connectivity index (χ1) is 12.8. The number of imidazole rings is 1. The van der Waals surface area contributed by atoms with Gasteiger partial charge < -0.3 is 9.72 Å². The molecule has 26 heavy (non-hydrogen) atoms. The van der Waals surface area contributed by atoms with Gasteiger partial charge in [0.05, 0.1) is 29.3 Å². The molecule has 0 aliphatic carbocycles. The normalized spacial score (nSPS) is 10.8. The van der Waals surface area contributed by atoms with Crippen molar-refractivity contribution in [3.63, 3.8) is 0 Å². The maximum absolute atomic E-state index is 12.6. The van der Waals surface area contributed by atoms with E-state index in [4.69, 9.17) is 0 Å². The van der Waals surface area contributed by atoms with Crippen LogP contribution in [-0.4, -0.2) is 25.3 Å². The number of fused-ring (bicyclic) bond motifs is 1. The summed E-state index contributed by atoms with van der Waals surface area (Å²) >= 11 is 1.59. The van der Waals surface area contributed by atoms with Gasteiger partial charge in [0.1, 0.15) is 12.0 Å². The quantitative estimate of drug-likeness (QED) is 0.549. The molecule has 0 aliphatic rings. The van der Waals surface area contributed by atoms with Crippen LogP contribution >= 0.6 is 11.8 Å². The number of hydrogen-bond donors (Lipinski definition) is 1. The van der Waals surface area contributed by atoms with Crippen molar-refractivity contribution in [1.29, 1.82) is 0 Å². The van der Waals surface area contributed by atoms with Gasteiger partial charge in [-0.05, 0) is 24.3 Å². The summed E-state index contributed by atoms with van der Waals surface area (Å²) in [5.74, 6) is 0.498. The van der Waals surface area contributed by atoms with E-state index >= 15 is 0 Å². The van der Waals surface area contributed by atoms with E-state index in [9.17, 15) is 4.79 Å². The molecule has 3 aromatic heterocycles. The number of anilines is 1. The second-order valence-electron chi connectivity index (χ2n) is 5.56. The minimum Gasteiger partial charge on any atom is -0.319 e. The van der Waals surface area contributed by atoms with Gasteiger partial charge in [-0.2, -0.15) is 0 Å². The van der Waals surface area contributed by atoms with Gasteiger partial charge in [-0.3, -0.25) is 4.79 Å². The minimum atomic E-state index is -0.182. The molecular weight excluding hydrogens is 346 g/mol. The Morgan fingerprint density at radius 3 is 2.73 bits per heavy atom. The van der Waals surface area contributed by atoms with Crippen molar-refractivity contribution >= 4 is 29.0 Å². The third-order valence-electron chi connectivity index (χ3n) is 3.74. The van der Waals surface area contributed by atoms with Crippen molar-refractivity contribution in [2.75, 3.05) is 5.32 Å². The molecule has 7 heteroatoms. The number of nitrogens with one attached hydrogen (secondary N) is 1. The number of rotatable bonds is 5. The van der Waals surface area contributed by atoms with Crippen LogP contribution in [0.5, 0.6) is 0 Å². The standard InChI is InChI=1S/C19H15N5OS/c25-19(23-14-9-20-13-21-10-14)16-5-1-2-6-17(16)26-12-15-11-24-8-4-3-7-18(24)22-15/h1-11,13H,12H2,(H,23,25). The average Bonchev–Trinajstić information content (AvgIpc) is 3.10. The Bertz CT molecular complexity index is 1010. The Morgan fingerprint density at radius 1 is 1.08 bits per heavy atom. The fourth-order valence-corrected chi connectivity index (χ4v) is 3.48. The van der Waals surface area contributed by atoms with Gasteiger partial charge in [0.25, 0.3) is 5.91 Å². The Balaban J connectivity index is 1.51. The van der Waals surface area contributed by atoms with E-state index in [2.05, 4.69) is 20.3 Å². The van der Waals surface area contributed by atoms with E-state index in [-0.39, 0.29) is 5.91 Å². The fraction of sp³-hybridized carbons (Fsp3) is 0.0526. The maximum atomic E-state index is 12.6. The van der Waals surface area contributed by atoms with Crippen LogP contribution in [0.4, 0.5) is 5.69 Å². The monoisotopic (exact) mass is 361 g/mol. The van der Waals surface area contributed by atoms with Crippen LogP contribution in [0.1, 0.15) is 16.1 Å². The summed E-state index contributed by atoms with van der Waals surface area (Å²) < 4.78 is 1.99. The summed E-state index contributed by atoms with van der Waals surface area (Å²) in [7, 11) is 0. The highest BCUT2D eigenvalue weighted by molar-refractivity contribution is 7.98. The second-order valence-corrected chi connectivity index (χ2v) is 6.58. The lowest BCUT2D eigenvalue weighted by molar-refractivity contribution is 0.102. The molecule has 0 atom stereocenters. The van der Waals surface area contributed by atoms with E-state index < -0.39 is 0 Å². The Labute approximate surface area is 154 Å². The zero-order valence-electron chi connectivity index (χ0n) is 13.7. The minimum absolute atomic E-state index is 0.182. The zero-order valence-corrected chi connectivity index (χ0v) is 14.6. The average molecular weight is 361 g/mol. The van der Waals surface area contributed by atoms with Crippen molar-refractivity contribution in [2.24, 2.45) is 0 Å². The predicted octanol–water partition coefficient (Wildman–Crippen LogP) is 3.67. The van der Waals surface area contributed by atoms with E-state index in [1.807, 2.05) is 59.3 Å². The SMILES string of the molecule is O=C(Nc1cncnc1)c1ccccc1SCc1cn2ccccc2n1. The second kappa shape index (κ2) is 7.37. The fourth-order valence-electron chi connectivity index (χ4n) is 2.55. The molecule has 0 fully saturated rings. The lowest BCUT2D eigenvalue weighted by atomic mass is 10.2. The van der Waals surface area contributed by atoms with Crippen molar-refractivity contribution in [3.05, 3.63) is 84.8 Å². The van der Waals surface area contributed by atoms with Gasteiger partial charge in [0, 0.05) is 23.0 Å². The molecule has 128 valence electrons. The molecule has 1 aromatic carbocycles. The van der Waals surface area contributed by atoms with Crippen LogP contribution in [0.2, 0.25) is 0 Å². The van der Waals surface area contributed by atoms with Crippen LogP contribution < -0.4 is 5.32 Å². The third kappa shape index (κ3) is 3.57. The lowest BCUT2D eigenvalue weighted by Gasteiger charge is -2.09. The first-order valence-corrected chi connectivity index (χ1v) is 8.99. The van der Waals surface area contributed by atoms with Crippen LogP contribution in [0.15, 0.2) is 78.5 Å². The van der Waals surface area contributed by atoms with Crippen LogP contribution in [0.25, 0.3) is 5.65 Å². The van der Waals surface area contributed by atoms with Crippen LogP contribution in [0.3, 0.4) is 0 Å². The summed E-state index contributed by atoms with van der Waals surface area (Å²) in [5.41, 5.74) is 3.06. The maximum Gasteiger partial charge on any atom is 0.256 e. The van der Waals surface area contributed by atoms with Crippen molar-refractivity contribution < 1.29 is 4.79 Å². The molecule has 6 nitrogen and oxygen atoms in total. The first kappa shape index (κ1) is 16.3. The topological polar surface area (TPSA) is 72.2 Å². The highest BCUT2D eigenvalue weighted by atomic mass is 32.2. The number of aromatic nitrogens is 4. The van der Waals surface area contributed by atoms with Crippen LogP contribution in [0, 0.1) is 0 Å². The molecule has 1 N–H and O–H groups in total. The van der Waals surface area contributed by atoms with E-state index in [0.717, 1.165) is 16.2 Å².